The molecular formula is C28H24N6O2S. The van der Waals surface area contributed by atoms with Crippen molar-refractivity contribution in [1.82, 2.24) is 10.3 Å². The average Bonchev–Trinajstić information content (AvgIpc) is 3.39. The number of carbonyl (C=O) groups excluding carboxylic acids is 2. The van der Waals surface area contributed by atoms with E-state index in [1.165, 1.54) is 11.3 Å². The second kappa shape index (κ2) is 10.8. The van der Waals surface area contributed by atoms with Gasteiger partial charge in [0.1, 0.15) is 0 Å². The van der Waals surface area contributed by atoms with Crippen LogP contribution in [-0.4, -0.2) is 23.3 Å². The van der Waals surface area contributed by atoms with Crippen molar-refractivity contribution in [2.45, 2.75) is 0 Å². The zero-order chi connectivity index (χ0) is 25.6. The molecule has 1 aliphatic rings. The van der Waals surface area contributed by atoms with Gasteiger partial charge in [-0.2, -0.15) is 0 Å². The highest BCUT2D eigenvalue weighted by atomic mass is 32.1. The van der Waals surface area contributed by atoms with E-state index in [9.17, 15) is 9.59 Å². The van der Waals surface area contributed by atoms with Crippen LogP contribution in [0.1, 0.15) is 26.4 Å². The van der Waals surface area contributed by atoms with Gasteiger partial charge in [0.2, 0.25) is 0 Å². The minimum Gasteiger partial charge on any atom is -0.397 e. The van der Waals surface area contributed by atoms with Gasteiger partial charge in [0.15, 0.2) is 5.13 Å². The van der Waals surface area contributed by atoms with E-state index >= 15 is 0 Å². The number of nitrogens with two attached hydrogens (primary N) is 1. The predicted octanol–water partition coefficient (Wildman–Crippen LogP) is 5.47. The smallest absolute Gasteiger partial charge is 0.255 e. The first-order valence-corrected chi connectivity index (χ1v) is 12.4. The summed E-state index contributed by atoms with van der Waals surface area (Å²) in [5.74, 6) is -0.584. The maximum absolute atomic E-state index is 12.8. The van der Waals surface area contributed by atoms with E-state index in [1.54, 1.807) is 48.5 Å². The van der Waals surface area contributed by atoms with Crippen LogP contribution in [0.3, 0.4) is 0 Å². The number of carbonyl (C=O) groups is 2. The van der Waals surface area contributed by atoms with Gasteiger partial charge < -0.3 is 27.0 Å². The quantitative estimate of drug-likeness (QED) is 0.211. The predicted molar refractivity (Wildman–Crippen MR) is 150 cm³/mol. The number of nitrogens with zero attached hydrogens (tertiary/aromatic N) is 1. The van der Waals surface area contributed by atoms with Crippen molar-refractivity contribution >= 4 is 56.6 Å². The molecule has 0 saturated carbocycles. The van der Waals surface area contributed by atoms with Crippen molar-refractivity contribution in [1.29, 1.82) is 0 Å². The SMILES string of the molecule is Nc1ccccc1NC(=O)c1ccc(C(=O)Nc2cccc(Nc3nc(C4=CC=CNC4)cs3)c2)cc1. The molecule has 5 rings (SSSR count). The third-order valence-corrected chi connectivity index (χ3v) is 6.38. The third-order valence-electron chi connectivity index (χ3n) is 5.63. The van der Waals surface area contributed by atoms with Gasteiger partial charge in [0, 0.05) is 34.4 Å². The molecule has 0 unspecified atom stereocenters. The number of nitrogens with one attached hydrogen (secondary N) is 4. The van der Waals surface area contributed by atoms with Crippen molar-refractivity contribution in [3.05, 3.63) is 113 Å². The van der Waals surface area contributed by atoms with Gasteiger partial charge in [-0.05, 0) is 72.4 Å². The molecule has 1 aromatic heterocycles. The summed E-state index contributed by atoms with van der Waals surface area (Å²) in [6.07, 6.45) is 5.91. The van der Waals surface area contributed by atoms with Crippen LogP contribution >= 0.6 is 11.3 Å². The molecule has 2 amide bonds. The van der Waals surface area contributed by atoms with E-state index in [-0.39, 0.29) is 11.8 Å². The number of hydrogen-bond acceptors (Lipinski definition) is 7. The van der Waals surface area contributed by atoms with Gasteiger partial charge in [0.25, 0.3) is 11.8 Å². The highest BCUT2D eigenvalue weighted by Gasteiger charge is 2.12. The Morgan fingerprint density at radius 3 is 2.35 bits per heavy atom. The van der Waals surface area contributed by atoms with Crippen LogP contribution in [0.5, 0.6) is 0 Å². The third kappa shape index (κ3) is 5.85. The lowest BCUT2D eigenvalue weighted by Crippen LogP contribution is -2.15. The van der Waals surface area contributed by atoms with E-state index < -0.39 is 0 Å². The number of hydrogen-bond donors (Lipinski definition) is 5. The molecule has 6 N–H and O–H groups in total. The minimum atomic E-state index is -0.304. The molecule has 37 heavy (non-hydrogen) atoms. The molecular weight excluding hydrogens is 484 g/mol. The summed E-state index contributed by atoms with van der Waals surface area (Å²) in [6, 6.07) is 20.9. The molecule has 0 bridgehead atoms. The maximum atomic E-state index is 12.8. The molecule has 184 valence electrons. The average molecular weight is 509 g/mol. The fourth-order valence-electron chi connectivity index (χ4n) is 3.69. The number of anilines is 5. The summed E-state index contributed by atoms with van der Waals surface area (Å²) < 4.78 is 0. The Morgan fingerprint density at radius 1 is 0.892 bits per heavy atom. The second-order valence-electron chi connectivity index (χ2n) is 8.25. The summed E-state index contributed by atoms with van der Waals surface area (Å²) in [5.41, 5.74) is 11.3. The normalized spacial score (nSPS) is 12.3. The van der Waals surface area contributed by atoms with E-state index in [4.69, 9.17) is 5.73 Å². The standard InChI is InChI=1S/C28H24N6O2S/c29-23-8-1-2-9-24(23)33-27(36)19-12-10-18(11-13-19)26(35)31-21-6-3-7-22(15-21)32-28-34-25(17-37-28)20-5-4-14-30-16-20/h1-15,17,30H,16,29H2,(H,31,35)(H,32,34)(H,33,36). The summed E-state index contributed by atoms with van der Waals surface area (Å²) in [6.45, 7) is 0.745. The molecule has 0 radical (unpaired) electrons. The first-order chi connectivity index (χ1) is 18.0. The van der Waals surface area contributed by atoms with Crippen molar-refractivity contribution in [3.63, 3.8) is 0 Å². The number of rotatable bonds is 7. The highest BCUT2D eigenvalue weighted by Crippen LogP contribution is 2.26. The Kier molecular flexibility index (Phi) is 6.95. The molecule has 0 saturated heterocycles. The van der Waals surface area contributed by atoms with Crippen LogP contribution in [-0.2, 0) is 0 Å². The molecule has 0 aliphatic carbocycles. The van der Waals surface area contributed by atoms with Crippen molar-refractivity contribution in [2.75, 3.05) is 28.2 Å². The number of thiazole rings is 1. The summed E-state index contributed by atoms with van der Waals surface area (Å²) in [7, 11) is 0. The zero-order valence-electron chi connectivity index (χ0n) is 19.7. The van der Waals surface area contributed by atoms with Crippen LogP contribution in [0, 0.1) is 0 Å². The summed E-state index contributed by atoms with van der Waals surface area (Å²) in [4.78, 5) is 30.0. The molecule has 4 aromatic rings. The largest absolute Gasteiger partial charge is 0.397 e. The number of amides is 2. The van der Waals surface area contributed by atoms with Gasteiger partial charge in [-0.3, -0.25) is 9.59 Å². The minimum absolute atomic E-state index is 0.280. The fourth-order valence-corrected chi connectivity index (χ4v) is 4.45. The monoisotopic (exact) mass is 508 g/mol. The first kappa shape index (κ1) is 23.8. The summed E-state index contributed by atoms with van der Waals surface area (Å²) >= 11 is 1.52. The number of benzene rings is 3. The molecule has 8 nitrogen and oxygen atoms in total. The number of para-hydroxylation sites is 2. The van der Waals surface area contributed by atoms with Crippen LogP contribution in [0.25, 0.3) is 5.57 Å². The maximum Gasteiger partial charge on any atom is 0.255 e. The Labute approximate surface area is 217 Å². The Balaban J connectivity index is 1.21. The number of aromatic nitrogens is 1. The number of dihydropyridines is 1. The van der Waals surface area contributed by atoms with Gasteiger partial charge in [-0.1, -0.05) is 24.3 Å². The molecule has 0 spiro atoms. The Hall–Kier alpha value is -4.89. The van der Waals surface area contributed by atoms with Crippen LogP contribution in [0.15, 0.2) is 96.5 Å². The Bertz CT molecular complexity index is 1510. The second-order valence-corrected chi connectivity index (χ2v) is 9.11. The zero-order valence-corrected chi connectivity index (χ0v) is 20.5. The molecule has 2 heterocycles. The van der Waals surface area contributed by atoms with Crippen molar-refractivity contribution < 1.29 is 9.59 Å². The van der Waals surface area contributed by atoms with E-state index in [1.807, 2.05) is 48.0 Å². The lowest BCUT2D eigenvalue weighted by molar-refractivity contribution is 0.101. The van der Waals surface area contributed by atoms with Crippen LogP contribution in [0.4, 0.5) is 27.9 Å². The first-order valence-electron chi connectivity index (χ1n) is 11.5. The van der Waals surface area contributed by atoms with Crippen LogP contribution in [0.2, 0.25) is 0 Å². The molecule has 9 heteroatoms. The Morgan fingerprint density at radius 2 is 1.62 bits per heavy atom. The van der Waals surface area contributed by atoms with Crippen molar-refractivity contribution in [3.8, 4) is 0 Å². The molecule has 0 atom stereocenters. The lowest BCUT2D eigenvalue weighted by Gasteiger charge is -2.10. The van der Waals surface area contributed by atoms with Gasteiger partial charge in [0.05, 0.1) is 17.1 Å². The molecule has 0 fully saturated rings. The molecule has 1 aliphatic heterocycles. The van der Waals surface area contributed by atoms with Gasteiger partial charge in [-0.15, -0.1) is 11.3 Å². The summed E-state index contributed by atoms with van der Waals surface area (Å²) in [5, 5.41) is 14.9. The molecule has 3 aromatic carbocycles. The van der Waals surface area contributed by atoms with Gasteiger partial charge >= 0.3 is 0 Å². The van der Waals surface area contributed by atoms with Crippen LogP contribution < -0.4 is 27.0 Å². The highest BCUT2D eigenvalue weighted by molar-refractivity contribution is 7.13. The van der Waals surface area contributed by atoms with Gasteiger partial charge in [-0.25, -0.2) is 4.98 Å². The topological polar surface area (TPSA) is 121 Å². The lowest BCUT2D eigenvalue weighted by atomic mass is 10.1. The van der Waals surface area contributed by atoms with Crippen molar-refractivity contribution in [2.24, 2.45) is 0 Å². The number of allylic oxidation sites excluding steroid dienone is 2. The van der Waals surface area contributed by atoms with E-state index in [0.29, 0.717) is 28.2 Å². The van der Waals surface area contributed by atoms with E-state index in [2.05, 4.69) is 26.3 Å². The fraction of sp³-hybridized carbons (Fsp3) is 0.0357. The number of nitrogen functional groups attached to an aromatic ring is 1. The van der Waals surface area contributed by atoms with E-state index in [0.717, 1.165) is 28.6 Å².